The predicted molar refractivity (Wildman–Crippen MR) is 75.8 cm³/mol. The molecule has 10 heteroatoms. The number of non-ortho nitro benzene ring substituents is 1. The molecule has 0 saturated heterocycles. The lowest BCUT2D eigenvalue weighted by molar-refractivity contribution is -0.384. The number of nitrogens with one attached hydrogen (secondary N) is 1. The number of aromatic nitrogens is 3. The summed E-state index contributed by atoms with van der Waals surface area (Å²) in [6.45, 7) is 1.69. The van der Waals surface area contributed by atoms with Crippen molar-refractivity contribution in [2.75, 3.05) is 18.4 Å². The standard InChI is InChI=1S/C11H13N7O3/c1-7-14-16-11(17(7)12)15-13-6-8-5-9(18(19)20)3-4-10(8)21-2/h3-6H,12H2,1-2H3,(H,15,16)/b13-6-. The fourth-order valence-electron chi connectivity index (χ4n) is 1.54. The van der Waals surface area contributed by atoms with E-state index in [1.807, 2.05) is 0 Å². The van der Waals surface area contributed by atoms with E-state index in [0.29, 0.717) is 17.1 Å². The Morgan fingerprint density at radius 2 is 2.29 bits per heavy atom. The van der Waals surface area contributed by atoms with Gasteiger partial charge in [-0.3, -0.25) is 10.1 Å². The summed E-state index contributed by atoms with van der Waals surface area (Å²) in [5, 5.41) is 22.2. The average Bonchev–Trinajstić information content (AvgIpc) is 2.79. The van der Waals surface area contributed by atoms with Crippen LogP contribution in [0.4, 0.5) is 11.6 Å². The molecule has 110 valence electrons. The number of anilines is 1. The third-order valence-electron chi connectivity index (χ3n) is 2.66. The van der Waals surface area contributed by atoms with Gasteiger partial charge in [-0.2, -0.15) is 5.10 Å². The van der Waals surface area contributed by atoms with Gasteiger partial charge in [0.15, 0.2) is 5.82 Å². The highest BCUT2D eigenvalue weighted by Gasteiger charge is 2.10. The molecule has 21 heavy (non-hydrogen) atoms. The molecular weight excluding hydrogens is 278 g/mol. The number of hydrogen-bond acceptors (Lipinski definition) is 8. The second-order valence-electron chi connectivity index (χ2n) is 3.99. The van der Waals surface area contributed by atoms with Crippen LogP contribution in [-0.2, 0) is 0 Å². The second kappa shape index (κ2) is 5.86. The first kappa shape index (κ1) is 14.2. The van der Waals surface area contributed by atoms with Gasteiger partial charge in [-0.25, -0.2) is 10.1 Å². The van der Waals surface area contributed by atoms with Crippen LogP contribution in [0.2, 0.25) is 0 Å². The summed E-state index contributed by atoms with van der Waals surface area (Å²) >= 11 is 0. The van der Waals surface area contributed by atoms with E-state index >= 15 is 0 Å². The Morgan fingerprint density at radius 3 is 2.86 bits per heavy atom. The molecule has 0 bridgehead atoms. The molecule has 0 radical (unpaired) electrons. The van der Waals surface area contributed by atoms with E-state index in [4.69, 9.17) is 10.6 Å². The highest BCUT2D eigenvalue weighted by Crippen LogP contribution is 2.22. The van der Waals surface area contributed by atoms with Crippen LogP contribution in [0.5, 0.6) is 5.75 Å². The number of nitrogens with zero attached hydrogens (tertiary/aromatic N) is 5. The molecule has 0 fully saturated rings. The first-order valence-corrected chi connectivity index (χ1v) is 5.81. The van der Waals surface area contributed by atoms with Gasteiger partial charge in [0.05, 0.1) is 18.2 Å². The molecule has 2 aromatic rings. The summed E-state index contributed by atoms with van der Waals surface area (Å²) in [4.78, 5) is 10.3. The van der Waals surface area contributed by atoms with Crippen molar-refractivity contribution in [3.63, 3.8) is 0 Å². The molecule has 2 rings (SSSR count). The normalized spacial score (nSPS) is 10.8. The monoisotopic (exact) mass is 291 g/mol. The van der Waals surface area contributed by atoms with Crippen LogP contribution in [-0.4, -0.2) is 33.1 Å². The average molecular weight is 291 g/mol. The zero-order valence-electron chi connectivity index (χ0n) is 11.3. The van der Waals surface area contributed by atoms with Crippen LogP contribution in [0.15, 0.2) is 23.3 Å². The number of hydrazone groups is 1. The number of hydrogen-bond donors (Lipinski definition) is 2. The topological polar surface area (TPSA) is 133 Å². The second-order valence-corrected chi connectivity index (χ2v) is 3.99. The number of nitro groups is 1. The first-order chi connectivity index (χ1) is 10.0. The molecule has 1 aromatic carbocycles. The fourth-order valence-corrected chi connectivity index (χ4v) is 1.54. The molecule has 10 nitrogen and oxygen atoms in total. The van der Waals surface area contributed by atoms with Gasteiger partial charge >= 0.3 is 0 Å². The molecule has 0 atom stereocenters. The summed E-state index contributed by atoms with van der Waals surface area (Å²) in [5.41, 5.74) is 2.97. The Hall–Kier alpha value is -3.17. The molecular formula is C11H13N7O3. The van der Waals surface area contributed by atoms with Gasteiger partial charge in [0.2, 0.25) is 0 Å². The molecule has 0 aliphatic heterocycles. The van der Waals surface area contributed by atoms with E-state index in [0.717, 1.165) is 0 Å². The Labute approximate surface area is 119 Å². The van der Waals surface area contributed by atoms with E-state index in [2.05, 4.69) is 20.7 Å². The summed E-state index contributed by atoms with van der Waals surface area (Å²) < 4.78 is 6.34. The number of ether oxygens (including phenoxy) is 1. The van der Waals surface area contributed by atoms with Gasteiger partial charge in [-0.15, -0.1) is 10.2 Å². The number of nitrogen functional groups attached to an aromatic ring is 1. The highest BCUT2D eigenvalue weighted by molar-refractivity contribution is 5.85. The fraction of sp³-hybridized carbons (Fsp3) is 0.182. The summed E-state index contributed by atoms with van der Waals surface area (Å²) in [5.74, 6) is 6.86. The summed E-state index contributed by atoms with van der Waals surface area (Å²) in [7, 11) is 1.46. The molecule has 0 aliphatic rings. The maximum atomic E-state index is 10.8. The third kappa shape index (κ3) is 3.05. The molecule has 0 spiro atoms. The number of nitro benzene ring substituents is 1. The number of aryl methyl sites for hydroxylation is 1. The minimum Gasteiger partial charge on any atom is -0.496 e. The van der Waals surface area contributed by atoms with Crippen LogP contribution < -0.4 is 16.0 Å². The quantitative estimate of drug-likeness (QED) is 0.357. The minimum absolute atomic E-state index is 0.0601. The molecule has 0 amide bonds. The van der Waals surface area contributed by atoms with E-state index in [1.54, 1.807) is 6.92 Å². The molecule has 0 saturated carbocycles. The number of methoxy groups -OCH3 is 1. The molecule has 0 unspecified atom stereocenters. The van der Waals surface area contributed by atoms with E-state index in [1.165, 1.54) is 36.2 Å². The van der Waals surface area contributed by atoms with Crippen molar-refractivity contribution in [1.82, 2.24) is 14.9 Å². The van der Waals surface area contributed by atoms with E-state index in [-0.39, 0.29) is 11.6 Å². The maximum Gasteiger partial charge on any atom is 0.270 e. The molecule has 1 heterocycles. The van der Waals surface area contributed by atoms with Crippen LogP contribution in [0.1, 0.15) is 11.4 Å². The van der Waals surface area contributed by atoms with Crippen molar-refractivity contribution in [3.05, 3.63) is 39.7 Å². The molecule has 3 N–H and O–H groups in total. The Balaban J connectivity index is 2.21. The smallest absolute Gasteiger partial charge is 0.270 e. The van der Waals surface area contributed by atoms with Gasteiger partial charge in [-0.05, 0) is 13.0 Å². The van der Waals surface area contributed by atoms with Gasteiger partial charge in [0.25, 0.3) is 11.6 Å². The van der Waals surface area contributed by atoms with Crippen molar-refractivity contribution in [3.8, 4) is 5.75 Å². The number of rotatable bonds is 5. The molecule has 0 aliphatic carbocycles. The lowest BCUT2D eigenvalue weighted by atomic mass is 10.2. The minimum atomic E-state index is -0.496. The SMILES string of the molecule is COc1ccc([N+](=O)[O-])cc1/C=N\Nc1nnc(C)n1N. The zero-order chi connectivity index (χ0) is 15.4. The van der Waals surface area contributed by atoms with Gasteiger partial charge < -0.3 is 10.6 Å². The Kier molecular flexibility index (Phi) is 3.97. The van der Waals surface area contributed by atoms with Crippen molar-refractivity contribution in [1.29, 1.82) is 0 Å². The summed E-state index contributed by atoms with van der Waals surface area (Å²) in [6.07, 6.45) is 1.37. The van der Waals surface area contributed by atoms with Crippen molar-refractivity contribution in [2.45, 2.75) is 6.92 Å². The lowest BCUT2D eigenvalue weighted by Gasteiger charge is -2.04. The molecule has 1 aromatic heterocycles. The Morgan fingerprint density at radius 1 is 1.52 bits per heavy atom. The lowest BCUT2D eigenvalue weighted by Crippen LogP contribution is -2.13. The number of benzene rings is 1. The third-order valence-corrected chi connectivity index (χ3v) is 2.66. The van der Waals surface area contributed by atoms with Crippen molar-refractivity contribution >= 4 is 17.9 Å². The van der Waals surface area contributed by atoms with E-state index < -0.39 is 4.92 Å². The van der Waals surface area contributed by atoms with Crippen molar-refractivity contribution < 1.29 is 9.66 Å². The van der Waals surface area contributed by atoms with Crippen LogP contribution in [0.25, 0.3) is 0 Å². The Bertz CT molecular complexity index is 695. The highest BCUT2D eigenvalue weighted by atomic mass is 16.6. The van der Waals surface area contributed by atoms with Crippen LogP contribution in [0, 0.1) is 17.0 Å². The zero-order valence-corrected chi connectivity index (χ0v) is 11.3. The first-order valence-electron chi connectivity index (χ1n) is 5.81. The van der Waals surface area contributed by atoms with Crippen molar-refractivity contribution in [2.24, 2.45) is 5.10 Å². The van der Waals surface area contributed by atoms with Crippen LogP contribution in [0.3, 0.4) is 0 Å². The van der Waals surface area contributed by atoms with Gasteiger partial charge in [-0.1, -0.05) is 0 Å². The van der Waals surface area contributed by atoms with Gasteiger partial charge in [0, 0.05) is 17.7 Å². The van der Waals surface area contributed by atoms with Gasteiger partial charge in [0.1, 0.15) is 5.75 Å². The number of nitrogens with two attached hydrogens (primary N) is 1. The predicted octanol–water partition coefficient (Wildman–Crippen LogP) is 0.663. The largest absolute Gasteiger partial charge is 0.496 e. The maximum absolute atomic E-state index is 10.8. The summed E-state index contributed by atoms with van der Waals surface area (Å²) in [6, 6.07) is 4.20. The van der Waals surface area contributed by atoms with Crippen LogP contribution >= 0.6 is 0 Å². The van der Waals surface area contributed by atoms with E-state index in [9.17, 15) is 10.1 Å².